The van der Waals surface area contributed by atoms with Crippen LogP contribution in [0.1, 0.15) is 43.7 Å². The van der Waals surface area contributed by atoms with E-state index in [1.54, 1.807) is 13.8 Å². The van der Waals surface area contributed by atoms with Gasteiger partial charge in [0.15, 0.2) is 5.76 Å². The summed E-state index contributed by atoms with van der Waals surface area (Å²) < 4.78 is 37.9. The molecule has 1 aliphatic heterocycles. The molecule has 170 valence electrons. The number of ether oxygens (including phenoxy) is 1. The molecule has 0 unspecified atom stereocenters. The molecular formula is C22H31N3O5S. The summed E-state index contributed by atoms with van der Waals surface area (Å²) in [5.74, 6) is 1.05. The van der Waals surface area contributed by atoms with E-state index in [-0.39, 0.29) is 22.6 Å². The van der Waals surface area contributed by atoms with Gasteiger partial charge in [0.05, 0.1) is 6.61 Å². The number of carbonyl (C=O) groups excluding carboxylic acids is 1. The quantitative estimate of drug-likeness (QED) is 0.665. The van der Waals surface area contributed by atoms with Crippen LogP contribution in [0.2, 0.25) is 0 Å². The van der Waals surface area contributed by atoms with Crippen LogP contribution in [-0.4, -0.2) is 43.5 Å². The molecule has 1 aromatic carbocycles. The first-order valence-electron chi connectivity index (χ1n) is 10.7. The van der Waals surface area contributed by atoms with Gasteiger partial charge in [0.2, 0.25) is 15.9 Å². The van der Waals surface area contributed by atoms with Crippen molar-refractivity contribution in [2.75, 3.05) is 19.7 Å². The first-order chi connectivity index (χ1) is 14.7. The molecule has 0 aliphatic carbocycles. The Morgan fingerprint density at radius 3 is 2.45 bits per heavy atom. The minimum Gasteiger partial charge on any atom is -0.494 e. The molecule has 0 bridgehead atoms. The molecular weight excluding hydrogens is 418 g/mol. The van der Waals surface area contributed by atoms with E-state index in [0.29, 0.717) is 50.5 Å². The molecule has 1 fully saturated rings. The van der Waals surface area contributed by atoms with Crippen molar-refractivity contribution < 1.29 is 22.5 Å². The first kappa shape index (κ1) is 23.3. The summed E-state index contributed by atoms with van der Waals surface area (Å²) >= 11 is 0. The predicted molar refractivity (Wildman–Crippen MR) is 116 cm³/mol. The fourth-order valence-corrected chi connectivity index (χ4v) is 5.78. The van der Waals surface area contributed by atoms with Gasteiger partial charge in [-0.3, -0.25) is 4.79 Å². The molecule has 1 amide bonds. The third-order valence-electron chi connectivity index (χ3n) is 5.89. The van der Waals surface area contributed by atoms with Crippen LogP contribution in [-0.2, 0) is 21.4 Å². The van der Waals surface area contributed by atoms with Crippen molar-refractivity contribution in [3.63, 3.8) is 0 Å². The summed E-state index contributed by atoms with van der Waals surface area (Å²) in [6.07, 6.45) is 1.28. The average molecular weight is 450 g/mol. The summed E-state index contributed by atoms with van der Waals surface area (Å²) in [5, 5.41) is 6.76. The molecule has 9 heteroatoms. The van der Waals surface area contributed by atoms with Gasteiger partial charge in [-0.05, 0) is 57.2 Å². The van der Waals surface area contributed by atoms with Gasteiger partial charge < -0.3 is 14.6 Å². The number of nitrogens with one attached hydrogen (secondary N) is 1. The lowest BCUT2D eigenvalue weighted by atomic mass is 9.85. The highest BCUT2D eigenvalue weighted by Gasteiger charge is 2.36. The van der Waals surface area contributed by atoms with Crippen LogP contribution < -0.4 is 10.1 Å². The van der Waals surface area contributed by atoms with Gasteiger partial charge >= 0.3 is 0 Å². The molecule has 0 saturated carbocycles. The third-order valence-corrected chi connectivity index (χ3v) is 8.03. The van der Waals surface area contributed by atoms with Crippen LogP contribution >= 0.6 is 0 Å². The number of hydrogen-bond donors (Lipinski definition) is 1. The second-order valence-corrected chi connectivity index (χ2v) is 9.85. The molecule has 0 radical (unpaired) electrons. The van der Waals surface area contributed by atoms with E-state index in [1.165, 1.54) is 4.31 Å². The summed E-state index contributed by atoms with van der Waals surface area (Å²) in [6.45, 7) is 8.92. The lowest BCUT2D eigenvalue weighted by molar-refractivity contribution is -0.126. The Bertz CT molecular complexity index is 973. The molecule has 1 atom stereocenters. The normalized spacial score (nSPS) is 16.8. The number of aromatic nitrogens is 1. The maximum atomic E-state index is 13.0. The summed E-state index contributed by atoms with van der Waals surface area (Å²) in [5.41, 5.74) is 1.38. The third kappa shape index (κ3) is 5.27. The number of sulfonamides is 1. The van der Waals surface area contributed by atoms with Crippen LogP contribution in [0.3, 0.4) is 0 Å². The second kappa shape index (κ2) is 9.82. The van der Waals surface area contributed by atoms with E-state index in [0.717, 1.165) is 11.3 Å². The lowest BCUT2D eigenvalue weighted by Gasteiger charge is -2.33. The van der Waals surface area contributed by atoms with Gasteiger partial charge in [-0.15, -0.1) is 0 Å². The maximum Gasteiger partial charge on any atom is 0.248 e. The van der Waals surface area contributed by atoms with Gasteiger partial charge in [0.25, 0.3) is 0 Å². The van der Waals surface area contributed by atoms with Gasteiger partial charge in [-0.2, -0.15) is 4.31 Å². The van der Waals surface area contributed by atoms with Crippen molar-refractivity contribution in [2.45, 2.75) is 52.0 Å². The van der Waals surface area contributed by atoms with E-state index < -0.39 is 10.0 Å². The largest absolute Gasteiger partial charge is 0.494 e. The number of amides is 1. The zero-order chi connectivity index (χ0) is 22.6. The monoisotopic (exact) mass is 449 g/mol. The number of hydrogen-bond acceptors (Lipinski definition) is 6. The molecule has 1 N–H and O–H groups in total. The zero-order valence-corrected chi connectivity index (χ0v) is 19.4. The van der Waals surface area contributed by atoms with Crippen LogP contribution in [0.15, 0.2) is 33.7 Å². The number of benzene rings is 1. The lowest BCUT2D eigenvalue weighted by Crippen LogP contribution is -2.42. The van der Waals surface area contributed by atoms with Crippen LogP contribution in [0, 0.1) is 25.7 Å². The van der Waals surface area contributed by atoms with Gasteiger partial charge in [0.1, 0.15) is 16.3 Å². The molecule has 1 aliphatic rings. The maximum absolute atomic E-state index is 13.0. The number of aryl methyl sites for hydroxylation is 2. The summed E-state index contributed by atoms with van der Waals surface area (Å²) in [4.78, 5) is 12.8. The zero-order valence-electron chi connectivity index (χ0n) is 18.6. The molecule has 2 heterocycles. The predicted octanol–water partition coefficient (Wildman–Crippen LogP) is 3.04. The van der Waals surface area contributed by atoms with Gasteiger partial charge in [-0.25, -0.2) is 8.42 Å². The Labute approximate surface area is 184 Å². The highest BCUT2D eigenvalue weighted by molar-refractivity contribution is 7.89. The minimum atomic E-state index is -3.64. The molecule has 2 aromatic rings. The van der Waals surface area contributed by atoms with Crippen molar-refractivity contribution in [1.29, 1.82) is 0 Å². The second-order valence-electron chi connectivity index (χ2n) is 7.98. The Hall–Kier alpha value is -2.39. The topological polar surface area (TPSA) is 102 Å². The summed E-state index contributed by atoms with van der Waals surface area (Å²) in [7, 11) is -3.64. The highest BCUT2D eigenvalue weighted by atomic mass is 32.2. The Morgan fingerprint density at radius 1 is 1.26 bits per heavy atom. The number of rotatable bonds is 8. The fourth-order valence-electron chi connectivity index (χ4n) is 4.02. The Kier molecular flexibility index (Phi) is 7.38. The van der Waals surface area contributed by atoms with Crippen molar-refractivity contribution in [2.24, 2.45) is 11.8 Å². The molecule has 31 heavy (non-hydrogen) atoms. The van der Waals surface area contributed by atoms with Gasteiger partial charge in [-0.1, -0.05) is 24.2 Å². The number of piperidine rings is 1. The van der Waals surface area contributed by atoms with E-state index in [9.17, 15) is 13.2 Å². The van der Waals surface area contributed by atoms with Crippen molar-refractivity contribution in [3.05, 3.63) is 41.3 Å². The van der Waals surface area contributed by atoms with Crippen molar-refractivity contribution in [1.82, 2.24) is 14.8 Å². The summed E-state index contributed by atoms with van der Waals surface area (Å²) in [6, 6.07) is 7.66. The smallest absolute Gasteiger partial charge is 0.248 e. The minimum absolute atomic E-state index is 0.0130. The Morgan fingerprint density at radius 2 is 1.90 bits per heavy atom. The van der Waals surface area contributed by atoms with Crippen molar-refractivity contribution >= 4 is 15.9 Å². The first-order valence-corrected chi connectivity index (χ1v) is 12.1. The molecule has 8 nitrogen and oxygen atoms in total. The van der Waals surface area contributed by atoms with E-state index in [4.69, 9.17) is 9.26 Å². The molecule has 1 aromatic heterocycles. The molecule has 0 spiro atoms. The van der Waals surface area contributed by atoms with Crippen molar-refractivity contribution in [3.8, 4) is 5.75 Å². The fraction of sp³-hybridized carbons (Fsp3) is 0.545. The molecule has 3 rings (SSSR count). The SMILES string of the molecule is CCOc1ccc(CNC(=O)[C@@H](C)C2CCN(S(=O)(=O)c3c(C)noc3C)CC2)cc1. The van der Waals surface area contributed by atoms with Gasteiger partial charge in [0, 0.05) is 25.6 Å². The van der Waals surface area contributed by atoms with Crippen LogP contribution in [0.5, 0.6) is 5.75 Å². The molecule has 1 saturated heterocycles. The Balaban J connectivity index is 1.52. The number of carbonyl (C=O) groups is 1. The van der Waals surface area contributed by atoms with E-state index in [2.05, 4.69) is 10.5 Å². The standard InChI is InChI=1S/C22H31N3O5S/c1-5-29-20-8-6-18(7-9-20)14-23-22(26)15(2)19-10-12-25(13-11-19)31(27,28)21-16(3)24-30-17(21)4/h6-9,15,19H,5,10-14H2,1-4H3,(H,23,26)/t15-/m0/s1. The van der Waals surface area contributed by atoms with E-state index >= 15 is 0 Å². The van der Waals surface area contributed by atoms with Crippen LogP contribution in [0.4, 0.5) is 0 Å². The average Bonchev–Trinajstić information content (AvgIpc) is 3.11. The highest BCUT2D eigenvalue weighted by Crippen LogP contribution is 2.30. The number of nitrogens with zero attached hydrogens (tertiary/aromatic N) is 2. The van der Waals surface area contributed by atoms with E-state index in [1.807, 2.05) is 38.1 Å². The van der Waals surface area contributed by atoms with Crippen LogP contribution in [0.25, 0.3) is 0 Å².